The number of benzene rings is 1. The Morgan fingerprint density at radius 2 is 2.20 bits per heavy atom. The lowest BCUT2D eigenvalue weighted by Crippen LogP contribution is -2.20. The molecule has 4 nitrogen and oxygen atoms in total. The van der Waals surface area contributed by atoms with E-state index in [-0.39, 0.29) is 17.4 Å². The van der Waals surface area contributed by atoms with Gasteiger partial charge in [0.2, 0.25) is 5.91 Å². The third-order valence-corrected chi connectivity index (χ3v) is 2.25. The van der Waals surface area contributed by atoms with Crippen LogP contribution in [0.5, 0.6) is 11.5 Å². The average molecular weight is 283 g/mol. The molecule has 0 spiro atoms. The van der Waals surface area contributed by atoms with Gasteiger partial charge in [-0.25, -0.2) is 0 Å². The van der Waals surface area contributed by atoms with Crippen LogP contribution >= 0.6 is 0 Å². The van der Waals surface area contributed by atoms with Gasteiger partial charge in [-0.1, -0.05) is 12.1 Å². The predicted octanol–water partition coefficient (Wildman–Crippen LogP) is 2.61. The third-order valence-electron chi connectivity index (χ3n) is 2.25. The van der Waals surface area contributed by atoms with Crippen LogP contribution in [0, 0.1) is 0 Å². The molecule has 0 radical (unpaired) electrons. The van der Waals surface area contributed by atoms with Gasteiger partial charge in [0, 0.05) is 12.6 Å². The summed E-state index contributed by atoms with van der Waals surface area (Å²) in [6, 6.07) is 4.39. The van der Waals surface area contributed by atoms with Crippen molar-refractivity contribution in [3.8, 4) is 11.5 Å². The van der Waals surface area contributed by atoms with Gasteiger partial charge in [0.05, 0.1) is 7.11 Å². The van der Waals surface area contributed by atoms with Crippen molar-refractivity contribution in [3.63, 3.8) is 0 Å². The van der Waals surface area contributed by atoms with Crippen LogP contribution in [0.4, 0.5) is 8.78 Å². The molecule has 20 heavy (non-hydrogen) atoms. The Morgan fingerprint density at radius 1 is 1.45 bits per heavy atom. The van der Waals surface area contributed by atoms with Crippen molar-refractivity contribution in [2.75, 3.05) is 13.7 Å². The number of halogens is 2. The molecule has 0 bridgehead atoms. The standard InChI is InChI=1S/C14H15F2NO3/c1-3-8-17-13(18)7-5-10-4-6-11(20-14(15)16)12(9-10)19-2/h3-7,9,14H,1,8H2,2H3,(H,17,18)/b7-5+. The minimum atomic E-state index is -2.92. The largest absolute Gasteiger partial charge is 0.493 e. The summed E-state index contributed by atoms with van der Waals surface area (Å²) in [5, 5.41) is 2.57. The zero-order valence-corrected chi connectivity index (χ0v) is 10.9. The molecular formula is C14H15F2NO3. The molecule has 1 aromatic carbocycles. The van der Waals surface area contributed by atoms with Gasteiger partial charge in [0.15, 0.2) is 11.5 Å². The number of ether oxygens (including phenoxy) is 2. The smallest absolute Gasteiger partial charge is 0.387 e. The van der Waals surface area contributed by atoms with Gasteiger partial charge >= 0.3 is 6.61 Å². The lowest BCUT2D eigenvalue weighted by Gasteiger charge is -2.10. The summed E-state index contributed by atoms with van der Waals surface area (Å²) < 4.78 is 33.6. The van der Waals surface area contributed by atoms with E-state index in [0.29, 0.717) is 12.1 Å². The fourth-order valence-corrected chi connectivity index (χ4v) is 1.38. The third kappa shape index (κ3) is 5.09. The highest BCUT2D eigenvalue weighted by atomic mass is 19.3. The Morgan fingerprint density at radius 3 is 2.80 bits per heavy atom. The van der Waals surface area contributed by atoms with Crippen molar-refractivity contribution in [1.82, 2.24) is 5.32 Å². The minimum absolute atomic E-state index is 0.0595. The molecule has 1 rings (SSSR count). The van der Waals surface area contributed by atoms with Gasteiger partial charge in [-0.2, -0.15) is 8.78 Å². The molecule has 0 saturated carbocycles. The van der Waals surface area contributed by atoms with Gasteiger partial charge in [-0.3, -0.25) is 4.79 Å². The monoisotopic (exact) mass is 283 g/mol. The Labute approximate surface area is 115 Å². The number of amides is 1. The molecule has 1 aromatic rings. The molecule has 6 heteroatoms. The van der Waals surface area contributed by atoms with Crippen LogP contribution in [0.15, 0.2) is 36.9 Å². The summed E-state index contributed by atoms with van der Waals surface area (Å²) >= 11 is 0. The number of carbonyl (C=O) groups excluding carboxylic acids is 1. The van der Waals surface area contributed by atoms with E-state index in [4.69, 9.17) is 4.74 Å². The summed E-state index contributed by atoms with van der Waals surface area (Å²) in [7, 11) is 1.35. The molecule has 0 atom stereocenters. The Hall–Kier alpha value is -2.37. The number of alkyl halides is 2. The zero-order chi connectivity index (χ0) is 15.0. The summed E-state index contributed by atoms with van der Waals surface area (Å²) in [5.74, 6) is -0.175. The molecule has 0 aromatic heterocycles. The van der Waals surface area contributed by atoms with Gasteiger partial charge in [-0.15, -0.1) is 6.58 Å². The van der Waals surface area contributed by atoms with Crippen LogP contribution < -0.4 is 14.8 Å². The van der Waals surface area contributed by atoms with Crippen LogP contribution in [0.25, 0.3) is 6.08 Å². The first-order valence-electron chi connectivity index (χ1n) is 5.76. The van der Waals surface area contributed by atoms with Crippen molar-refractivity contribution in [3.05, 3.63) is 42.5 Å². The normalized spacial score (nSPS) is 10.6. The van der Waals surface area contributed by atoms with Crippen molar-refractivity contribution in [1.29, 1.82) is 0 Å². The van der Waals surface area contributed by atoms with Gasteiger partial charge < -0.3 is 14.8 Å². The number of rotatable bonds is 7. The molecule has 108 valence electrons. The average Bonchev–Trinajstić information content (AvgIpc) is 2.43. The van der Waals surface area contributed by atoms with E-state index in [2.05, 4.69) is 16.6 Å². The maximum absolute atomic E-state index is 12.2. The molecule has 0 aliphatic heterocycles. The molecule has 1 amide bonds. The van der Waals surface area contributed by atoms with Gasteiger partial charge in [-0.05, 0) is 23.8 Å². The molecule has 0 aliphatic carbocycles. The predicted molar refractivity (Wildman–Crippen MR) is 71.9 cm³/mol. The summed E-state index contributed by atoms with van der Waals surface area (Å²) in [4.78, 5) is 11.3. The summed E-state index contributed by atoms with van der Waals surface area (Å²) in [6.07, 6.45) is 4.42. The molecule has 0 saturated heterocycles. The Balaban J connectivity index is 2.79. The van der Waals surface area contributed by atoms with E-state index in [1.165, 1.54) is 37.5 Å². The van der Waals surface area contributed by atoms with Crippen LogP contribution in [-0.4, -0.2) is 26.2 Å². The first-order valence-corrected chi connectivity index (χ1v) is 5.76. The maximum Gasteiger partial charge on any atom is 0.387 e. The fraction of sp³-hybridized carbons (Fsp3) is 0.214. The van der Waals surface area contributed by atoms with Crippen LogP contribution in [-0.2, 0) is 4.79 Å². The fourth-order valence-electron chi connectivity index (χ4n) is 1.38. The Kier molecular flexibility index (Phi) is 6.22. The minimum Gasteiger partial charge on any atom is -0.493 e. The quantitative estimate of drug-likeness (QED) is 0.618. The van der Waals surface area contributed by atoms with Crippen LogP contribution in [0.3, 0.4) is 0 Å². The van der Waals surface area contributed by atoms with Crippen molar-refractivity contribution < 1.29 is 23.0 Å². The second-order valence-corrected chi connectivity index (χ2v) is 3.66. The highest BCUT2D eigenvalue weighted by molar-refractivity contribution is 5.91. The highest BCUT2D eigenvalue weighted by Gasteiger charge is 2.10. The SMILES string of the molecule is C=CCNC(=O)/C=C/c1ccc(OC(F)F)c(OC)c1. The lowest BCUT2D eigenvalue weighted by molar-refractivity contribution is -0.116. The second-order valence-electron chi connectivity index (χ2n) is 3.66. The maximum atomic E-state index is 12.2. The lowest BCUT2D eigenvalue weighted by atomic mass is 10.2. The van der Waals surface area contributed by atoms with Crippen LogP contribution in [0.2, 0.25) is 0 Å². The molecule has 0 heterocycles. The van der Waals surface area contributed by atoms with E-state index in [1.807, 2.05) is 0 Å². The van der Waals surface area contributed by atoms with Crippen molar-refractivity contribution in [2.24, 2.45) is 0 Å². The molecule has 0 fully saturated rings. The first kappa shape index (κ1) is 15.7. The van der Waals surface area contributed by atoms with E-state index < -0.39 is 6.61 Å². The van der Waals surface area contributed by atoms with E-state index in [9.17, 15) is 13.6 Å². The van der Waals surface area contributed by atoms with E-state index in [1.54, 1.807) is 6.08 Å². The van der Waals surface area contributed by atoms with Gasteiger partial charge in [0.25, 0.3) is 0 Å². The van der Waals surface area contributed by atoms with E-state index >= 15 is 0 Å². The second kappa shape index (κ2) is 7.93. The summed E-state index contributed by atoms with van der Waals surface area (Å²) in [5.41, 5.74) is 0.622. The van der Waals surface area contributed by atoms with Crippen LogP contribution in [0.1, 0.15) is 5.56 Å². The van der Waals surface area contributed by atoms with Crippen molar-refractivity contribution >= 4 is 12.0 Å². The first-order chi connectivity index (χ1) is 9.56. The highest BCUT2D eigenvalue weighted by Crippen LogP contribution is 2.29. The Bertz CT molecular complexity index is 501. The molecule has 1 N–H and O–H groups in total. The molecule has 0 aliphatic rings. The zero-order valence-electron chi connectivity index (χ0n) is 10.9. The number of hydrogen-bond acceptors (Lipinski definition) is 3. The van der Waals surface area contributed by atoms with Crippen molar-refractivity contribution in [2.45, 2.75) is 6.61 Å². The number of nitrogens with one attached hydrogen (secondary N) is 1. The number of methoxy groups -OCH3 is 1. The number of hydrogen-bond donors (Lipinski definition) is 1. The topological polar surface area (TPSA) is 47.6 Å². The van der Waals surface area contributed by atoms with E-state index in [0.717, 1.165) is 0 Å². The summed E-state index contributed by atoms with van der Waals surface area (Å²) in [6.45, 7) is 0.924. The van der Waals surface area contributed by atoms with Gasteiger partial charge in [0.1, 0.15) is 0 Å². The molecule has 0 unspecified atom stereocenters. The number of carbonyl (C=O) groups is 1. The molecular weight excluding hydrogens is 268 g/mol.